The highest BCUT2D eigenvalue weighted by Crippen LogP contribution is 2.00. The van der Waals surface area contributed by atoms with E-state index in [-0.39, 0.29) is 32.7 Å². The van der Waals surface area contributed by atoms with Crippen molar-refractivity contribution in [3.8, 4) is 0 Å². The van der Waals surface area contributed by atoms with E-state index in [1.54, 1.807) is 6.92 Å². The maximum Gasteiger partial charge on any atom is 0.330 e. The third kappa shape index (κ3) is 11.6. The summed E-state index contributed by atoms with van der Waals surface area (Å²) in [7, 11) is 0. The molecule has 1 unspecified atom stereocenters. The summed E-state index contributed by atoms with van der Waals surface area (Å²) in [5.74, 6) is -1.65. The minimum absolute atomic E-state index is 0.0541. The smallest absolute Gasteiger partial charge is 0.330 e. The molecule has 0 spiro atoms. The van der Waals surface area contributed by atoms with E-state index < -0.39 is 24.0 Å². The van der Waals surface area contributed by atoms with Crippen LogP contribution in [0.15, 0.2) is 12.7 Å². The molecule has 7 nitrogen and oxygen atoms in total. The number of rotatable bonds is 11. The molecular formula is C14H22O7. The van der Waals surface area contributed by atoms with E-state index in [4.69, 9.17) is 19.3 Å². The summed E-state index contributed by atoms with van der Waals surface area (Å²) in [4.78, 5) is 33.5. The Bertz CT molecular complexity index is 351. The van der Waals surface area contributed by atoms with E-state index in [0.717, 1.165) is 6.08 Å². The van der Waals surface area contributed by atoms with Gasteiger partial charge in [0, 0.05) is 12.7 Å². The van der Waals surface area contributed by atoms with E-state index in [2.05, 4.69) is 6.58 Å². The van der Waals surface area contributed by atoms with Crippen molar-refractivity contribution >= 4 is 17.9 Å². The Hall–Kier alpha value is -1.89. The average Bonchev–Trinajstić information content (AvgIpc) is 2.47. The van der Waals surface area contributed by atoms with Gasteiger partial charge in [-0.3, -0.25) is 9.59 Å². The molecule has 120 valence electrons. The van der Waals surface area contributed by atoms with Gasteiger partial charge in [-0.05, 0) is 19.8 Å². The first-order valence-corrected chi connectivity index (χ1v) is 6.74. The molecule has 0 aromatic heterocycles. The Morgan fingerprint density at radius 3 is 2.33 bits per heavy atom. The van der Waals surface area contributed by atoms with E-state index in [0.29, 0.717) is 12.8 Å². The number of hydrogen-bond acceptors (Lipinski definition) is 7. The third-order valence-electron chi connectivity index (χ3n) is 2.31. The van der Waals surface area contributed by atoms with Crippen molar-refractivity contribution in [2.45, 2.75) is 38.7 Å². The maximum atomic E-state index is 11.4. The lowest BCUT2D eigenvalue weighted by Gasteiger charge is -2.12. The van der Waals surface area contributed by atoms with Crippen LogP contribution in [0.2, 0.25) is 0 Å². The molecule has 0 saturated carbocycles. The molecule has 0 radical (unpaired) electrons. The van der Waals surface area contributed by atoms with Crippen LogP contribution in [0.3, 0.4) is 0 Å². The van der Waals surface area contributed by atoms with Gasteiger partial charge >= 0.3 is 17.9 Å². The summed E-state index contributed by atoms with van der Waals surface area (Å²) in [5, 5.41) is 8.54. The van der Waals surface area contributed by atoms with E-state index in [9.17, 15) is 14.4 Å². The molecule has 0 heterocycles. The lowest BCUT2D eigenvalue weighted by molar-refractivity contribution is -0.156. The van der Waals surface area contributed by atoms with Gasteiger partial charge < -0.3 is 19.3 Å². The summed E-state index contributed by atoms with van der Waals surface area (Å²) in [6.45, 7) is 5.02. The van der Waals surface area contributed by atoms with Crippen LogP contribution in [0.1, 0.15) is 32.6 Å². The number of aliphatic hydroxyl groups excluding tert-OH is 1. The molecule has 0 saturated heterocycles. The monoisotopic (exact) mass is 302 g/mol. The Morgan fingerprint density at radius 2 is 1.76 bits per heavy atom. The average molecular weight is 302 g/mol. The van der Waals surface area contributed by atoms with Crippen LogP contribution in [0.25, 0.3) is 0 Å². The Labute approximate surface area is 123 Å². The second-order valence-corrected chi connectivity index (χ2v) is 4.29. The lowest BCUT2D eigenvalue weighted by Crippen LogP contribution is -2.21. The largest absolute Gasteiger partial charge is 0.466 e. The van der Waals surface area contributed by atoms with E-state index in [1.807, 2.05) is 0 Å². The second-order valence-electron chi connectivity index (χ2n) is 4.29. The third-order valence-corrected chi connectivity index (χ3v) is 2.31. The molecule has 0 aromatic carbocycles. The standard InChI is InChI=1S/C14H22O7/c1-3-12(16)21-11(2)10-20-14(18)7-6-13(17)19-9-5-4-8-15/h3,11,15H,1,4-10H2,2H3. The van der Waals surface area contributed by atoms with E-state index >= 15 is 0 Å². The first kappa shape index (κ1) is 19.1. The fourth-order valence-corrected chi connectivity index (χ4v) is 1.24. The molecule has 0 aromatic rings. The topological polar surface area (TPSA) is 99.1 Å². The predicted octanol–water partition coefficient (Wildman–Crippen LogP) is 0.743. The van der Waals surface area contributed by atoms with Gasteiger partial charge in [0.05, 0.1) is 19.4 Å². The Morgan fingerprint density at radius 1 is 1.14 bits per heavy atom. The highest BCUT2D eigenvalue weighted by atomic mass is 16.6. The fourth-order valence-electron chi connectivity index (χ4n) is 1.24. The molecule has 0 fully saturated rings. The molecule has 21 heavy (non-hydrogen) atoms. The normalized spacial score (nSPS) is 11.3. The van der Waals surface area contributed by atoms with Crippen LogP contribution < -0.4 is 0 Å². The van der Waals surface area contributed by atoms with E-state index in [1.165, 1.54) is 0 Å². The summed E-state index contributed by atoms with van der Waals surface area (Å²) in [6, 6.07) is 0. The van der Waals surface area contributed by atoms with Crippen molar-refractivity contribution in [3.05, 3.63) is 12.7 Å². The van der Waals surface area contributed by atoms with Gasteiger partial charge in [0.1, 0.15) is 12.7 Å². The number of carbonyl (C=O) groups excluding carboxylic acids is 3. The number of ether oxygens (including phenoxy) is 3. The Kier molecular flexibility index (Phi) is 10.8. The molecule has 0 aliphatic carbocycles. The minimum atomic E-state index is -0.593. The molecular weight excluding hydrogens is 280 g/mol. The van der Waals surface area contributed by atoms with Gasteiger partial charge in [0.25, 0.3) is 0 Å². The quantitative estimate of drug-likeness (QED) is 0.260. The zero-order chi connectivity index (χ0) is 16.1. The highest BCUT2D eigenvalue weighted by molar-refractivity contribution is 5.81. The van der Waals surface area contributed by atoms with Crippen molar-refractivity contribution in [1.29, 1.82) is 0 Å². The molecule has 0 bridgehead atoms. The van der Waals surface area contributed by atoms with Crippen molar-refractivity contribution in [3.63, 3.8) is 0 Å². The highest BCUT2D eigenvalue weighted by Gasteiger charge is 2.12. The van der Waals surface area contributed by atoms with Crippen molar-refractivity contribution in [2.24, 2.45) is 0 Å². The van der Waals surface area contributed by atoms with Crippen LogP contribution in [-0.4, -0.2) is 48.9 Å². The lowest BCUT2D eigenvalue weighted by atomic mass is 10.3. The van der Waals surface area contributed by atoms with Gasteiger partial charge in [-0.1, -0.05) is 6.58 Å². The van der Waals surface area contributed by atoms with Crippen LogP contribution in [0.5, 0.6) is 0 Å². The van der Waals surface area contributed by atoms with Crippen LogP contribution in [0, 0.1) is 0 Å². The SMILES string of the molecule is C=CC(=O)OC(C)COC(=O)CCC(=O)OCCCCO. The Balaban J connectivity index is 3.67. The van der Waals surface area contributed by atoms with Gasteiger partial charge in [-0.15, -0.1) is 0 Å². The van der Waals surface area contributed by atoms with Gasteiger partial charge in [0.2, 0.25) is 0 Å². The molecule has 0 amide bonds. The van der Waals surface area contributed by atoms with Crippen molar-refractivity contribution in [1.82, 2.24) is 0 Å². The maximum absolute atomic E-state index is 11.4. The number of unbranched alkanes of at least 4 members (excludes halogenated alkanes) is 1. The molecule has 0 rings (SSSR count). The molecule has 1 N–H and O–H groups in total. The zero-order valence-electron chi connectivity index (χ0n) is 12.2. The zero-order valence-corrected chi connectivity index (χ0v) is 12.2. The summed E-state index contributed by atoms with van der Waals surface area (Å²) >= 11 is 0. The van der Waals surface area contributed by atoms with Crippen LogP contribution in [-0.2, 0) is 28.6 Å². The molecule has 1 atom stereocenters. The van der Waals surface area contributed by atoms with Gasteiger partial charge in [0.15, 0.2) is 0 Å². The second kappa shape index (κ2) is 11.9. The number of esters is 3. The fraction of sp³-hybridized carbons (Fsp3) is 0.643. The number of hydrogen-bond donors (Lipinski definition) is 1. The number of carbonyl (C=O) groups is 3. The van der Waals surface area contributed by atoms with Gasteiger partial charge in [-0.25, -0.2) is 4.79 Å². The molecule has 7 heteroatoms. The van der Waals surface area contributed by atoms with Crippen LogP contribution >= 0.6 is 0 Å². The predicted molar refractivity (Wildman–Crippen MR) is 73.2 cm³/mol. The molecule has 0 aliphatic rings. The minimum Gasteiger partial charge on any atom is -0.466 e. The van der Waals surface area contributed by atoms with Gasteiger partial charge in [-0.2, -0.15) is 0 Å². The summed E-state index contributed by atoms with van der Waals surface area (Å²) < 4.78 is 14.5. The summed E-state index contributed by atoms with van der Waals surface area (Å²) in [6.07, 6.45) is 1.42. The summed E-state index contributed by atoms with van der Waals surface area (Å²) in [5.41, 5.74) is 0. The van der Waals surface area contributed by atoms with Crippen LogP contribution in [0.4, 0.5) is 0 Å². The molecule has 0 aliphatic heterocycles. The first-order valence-electron chi connectivity index (χ1n) is 6.74. The van der Waals surface area contributed by atoms with Crippen molar-refractivity contribution < 1.29 is 33.7 Å². The first-order chi connectivity index (χ1) is 9.99. The number of aliphatic hydroxyl groups is 1. The van der Waals surface area contributed by atoms with Crippen molar-refractivity contribution in [2.75, 3.05) is 19.8 Å².